The molecule has 0 saturated heterocycles. The number of hydrogen-bond donors (Lipinski definition) is 0. The van der Waals surface area contributed by atoms with E-state index < -0.39 is 0 Å². The van der Waals surface area contributed by atoms with Gasteiger partial charge in [0.25, 0.3) is 5.91 Å². The van der Waals surface area contributed by atoms with Crippen molar-refractivity contribution in [2.45, 2.75) is 13.0 Å². The van der Waals surface area contributed by atoms with Crippen LogP contribution >= 0.6 is 11.6 Å². The van der Waals surface area contributed by atoms with Crippen LogP contribution in [-0.4, -0.2) is 24.5 Å². The first-order valence-corrected chi connectivity index (χ1v) is 7.26. The zero-order chi connectivity index (χ0) is 14.8. The predicted octanol–water partition coefficient (Wildman–Crippen LogP) is 3.55. The number of hydrogen-bond acceptors (Lipinski definition) is 2. The summed E-state index contributed by atoms with van der Waals surface area (Å²) in [4.78, 5) is 14.4. The average molecular weight is 302 g/mol. The molecule has 1 aliphatic heterocycles. The smallest absolute Gasteiger partial charge is 0.254 e. The Morgan fingerprint density at radius 1 is 1.14 bits per heavy atom. The Labute approximate surface area is 129 Å². The van der Waals surface area contributed by atoms with Gasteiger partial charge in [-0.3, -0.25) is 4.79 Å². The zero-order valence-corrected chi connectivity index (χ0v) is 12.6. The molecule has 0 aromatic heterocycles. The van der Waals surface area contributed by atoms with Gasteiger partial charge in [-0.25, -0.2) is 0 Å². The molecule has 4 heteroatoms. The van der Waals surface area contributed by atoms with Crippen LogP contribution in [0.3, 0.4) is 0 Å². The van der Waals surface area contributed by atoms with E-state index in [1.807, 2.05) is 17.0 Å². The second-order valence-corrected chi connectivity index (χ2v) is 5.55. The van der Waals surface area contributed by atoms with Crippen molar-refractivity contribution in [1.29, 1.82) is 0 Å². The molecule has 108 valence electrons. The minimum absolute atomic E-state index is 0.0492. The highest BCUT2D eigenvalue weighted by Crippen LogP contribution is 2.24. The number of rotatable bonds is 2. The molecule has 0 fully saturated rings. The summed E-state index contributed by atoms with van der Waals surface area (Å²) >= 11 is 5.86. The fourth-order valence-electron chi connectivity index (χ4n) is 2.60. The Kier molecular flexibility index (Phi) is 3.84. The summed E-state index contributed by atoms with van der Waals surface area (Å²) in [7, 11) is 1.67. The van der Waals surface area contributed by atoms with Gasteiger partial charge in [0.1, 0.15) is 5.75 Å². The number of methoxy groups -OCH3 is 1. The van der Waals surface area contributed by atoms with Crippen LogP contribution in [0.5, 0.6) is 5.75 Å². The van der Waals surface area contributed by atoms with E-state index in [2.05, 4.69) is 6.07 Å². The minimum atomic E-state index is 0.0492. The molecule has 1 heterocycles. The van der Waals surface area contributed by atoms with Gasteiger partial charge in [-0.1, -0.05) is 17.7 Å². The van der Waals surface area contributed by atoms with Crippen molar-refractivity contribution < 1.29 is 9.53 Å². The Hall–Kier alpha value is -2.00. The van der Waals surface area contributed by atoms with Crippen LogP contribution in [0.2, 0.25) is 5.02 Å². The maximum Gasteiger partial charge on any atom is 0.254 e. The predicted molar refractivity (Wildman–Crippen MR) is 82.9 cm³/mol. The van der Waals surface area contributed by atoms with E-state index in [0.29, 0.717) is 17.1 Å². The molecule has 2 aromatic rings. The van der Waals surface area contributed by atoms with E-state index in [1.54, 1.807) is 31.4 Å². The van der Waals surface area contributed by atoms with E-state index >= 15 is 0 Å². The largest absolute Gasteiger partial charge is 0.497 e. The molecular formula is C17H16ClNO2. The number of benzene rings is 2. The second kappa shape index (κ2) is 5.78. The summed E-state index contributed by atoms with van der Waals surface area (Å²) in [5.74, 6) is 0.916. The molecule has 0 unspecified atom stereocenters. The molecule has 0 aliphatic carbocycles. The van der Waals surface area contributed by atoms with Gasteiger partial charge in [0.15, 0.2) is 0 Å². The van der Waals surface area contributed by atoms with Crippen molar-refractivity contribution >= 4 is 17.5 Å². The molecule has 21 heavy (non-hydrogen) atoms. The molecule has 1 aliphatic rings. The summed E-state index contributed by atoms with van der Waals surface area (Å²) in [5.41, 5.74) is 3.12. The van der Waals surface area contributed by atoms with Gasteiger partial charge in [0, 0.05) is 23.7 Å². The zero-order valence-electron chi connectivity index (χ0n) is 11.8. The fourth-order valence-corrected chi connectivity index (χ4v) is 2.73. The first-order valence-electron chi connectivity index (χ1n) is 6.88. The number of amides is 1. The summed E-state index contributed by atoms with van der Waals surface area (Å²) in [6, 6.07) is 13.1. The highest BCUT2D eigenvalue weighted by atomic mass is 35.5. The molecule has 3 nitrogen and oxygen atoms in total. The number of carbonyl (C=O) groups excluding carboxylic acids is 1. The Morgan fingerprint density at radius 2 is 1.90 bits per heavy atom. The highest BCUT2D eigenvalue weighted by Gasteiger charge is 2.22. The number of fused-ring (bicyclic) bond motifs is 1. The highest BCUT2D eigenvalue weighted by molar-refractivity contribution is 6.30. The normalized spacial score (nSPS) is 13.7. The van der Waals surface area contributed by atoms with Crippen molar-refractivity contribution in [1.82, 2.24) is 4.90 Å². The Balaban J connectivity index is 1.79. The second-order valence-electron chi connectivity index (χ2n) is 5.12. The van der Waals surface area contributed by atoms with E-state index in [1.165, 1.54) is 11.1 Å². The van der Waals surface area contributed by atoms with Gasteiger partial charge in [-0.15, -0.1) is 0 Å². The molecular weight excluding hydrogens is 286 g/mol. The van der Waals surface area contributed by atoms with E-state index in [9.17, 15) is 4.79 Å². The molecule has 3 rings (SSSR count). The summed E-state index contributed by atoms with van der Waals surface area (Å²) in [6.45, 7) is 1.36. The van der Waals surface area contributed by atoms with Crippen LogP contribution in [0.4, 0.5) is 0 Å². The lowest BCUT2D eigenvalue weighted by atomic mass is 9.99. The molecule has 2 aromatic carbocycles. The topological polar surface area (TPSA) is 29.5 Å². The third-order valence-corrected chi connectivity index (χ3v) is 4.06. The molecule has 1 amide bonds. The van der Waals surface area contributed by atoms with Crippen molar-refractivity contribution in [2.24, 2.45) is 0 Å². The summed E-state index contributed by atoms with van der Waals surface area (Å²) < 4.78 is 5.24. The Morgan fingerprint density at radius 3 is 2.62 bits per heavy atom. The SMILES string of the molecule is COc1ccc2c(c1)CCN(C(=O)c1ccc(Cl)cc1)C2. The van der Waals surface area contributed by atoms with E-state index in [4.69, 9.17) is 16.3 Å². The van der Waals surface area contributed by atoms with Crippen LogP contribution in [0.1, 0.15) is 21.5 Å². The molecule has 0 radical (unpaired) electrons. The van der Waals surface area contributed by atoms with Crippen LogP contribution in [-0.2, 0) is 13.0 Å². The number of ether oxygens (including phenoxy) is 1. The van der Waals surface area contributed by atoms with Crippen molar-refractivity contribution in [3.05, 3.63) is 64.2 Å². The van der Waals surface area contributed by atoms with Gasteiger partial charge in [0.2, 0.25) is 0 Å². The lowest BCUT2D eigenvalue weighted by Gasteiger charge is -2.29. The molecule has 0 N–H and O–H groups in total. The van der Waals surface area contributed by atoms with Crippen molar-refractivity contribution in [3.8, 4) is 5.75 Å². The molecule has 0 bridgehead atoms. The van der Waals surface area contributed by atoms with Crippen molar-refractivity contribution in [3.63, 3.8) is 0 Å². The lowest BCUT2D eigenvalue weighted by molar-refractivity contribution is 0.0734. The maximum absolute atomic E-state index is 12.5. The van der Waals surface area contributed by atoms with Crippen LogP contribution in [0.15, 0.2) is 42.5 Å². The van der Waals surface area contributed by atoms with Crippen molar-refractivity contribution in [2.75, 3.05) is 13.7 Å². The third kappa shape index (κ3) is 2.88. The Bertz CT molecular complexity index is 667. The van der Waals surface area contributed by atoms with Gasteiger partial charge >= 0.3 is 0 Å². The number of nitrogens with zero attached hydrogens (tertiary/aromatic N) is 1. The first kappa shape index (κ1) is 14.0. The van der Waals surface area contributed by atoms with Crippen LogP contribution in [0, 0.1) is 0 Å². The standard InChI is InChI=1S/C17H16ClNO2/c1-21-16-7-4-14-11-19(9-8-13(14)10-16)17(20)12-2-5-15(18)6-3-12/h2-7,10H,8-9,11H2,1H3. The van der Waals surface area contributed by atoms with Crippen LogP contribution < -0.4 is 4.74 Å². The van der Waals surface area contributed by atoms with Crippen LogP contribution in [0.25, 0.3) is 0 Å². The average Bonchev–Trinajstić information content (AvgIpc) is 2.54. The quantitative estimate of drug-likeness (QED) is 0.849. The van der Waals surface area contributed by atoms with Gasteiger partial charge in [-0.2, -0.15) is 0 Å². The van der Waals surface area contributed by atoms with E-state index in [-0.39, 0.29) is 5.91 Å². The summed E-state index contributed by atoms with van der Waals surface area (Å²) in [6.07, 6.45) is 0.853. The molecule has 0 atom stereocenters. The minimum Gasteiger partial charge on any atom is -0.497 e. The van der Waals surface area contributed by atoms with Gasteiger partial charge in [-0.05, 0) is 53.9 Å². The maximum atomic E-state index is 12.5. The number of carbonyl (C=O) groups is 1. The summed E-state index contributed by atoms with van der Waals surface area (Å²) in [5, 5.41) is 0.641. The molecule has 0 spiro atoms. The van der Waals surface area contributed by atoms with Gasteiger partial charge in [0.05, 0.1) is 7.11 Å². The monoisotopic (exact) mass is 301 g/mol. The molecule has 0 saturated carbocycles. The van der Waals surface area contributed by atoms with E-state index in [0.717, 1.165) is 18.7 Å². The number of halogens is 1. The fraction of sp³-hybridized carbons (Fsp3) is 0.235. The van der Waals surface area contributed by atoms with Gasteiger partial charge < -0.3 is 9.64 Å². The lowest BCUT2D eigenvalue weighted by Crippen LogP contribution is -2.35. The first-order chi connectivity index (χ1) is 10.2. The third-order valence-electron chi connectivity index (χ3n) is 3.80.